The number of H-pyrrole nitrogens is 1. The predicted octanol–water partition coefficient (Wildman–Crippen LogP) is 5.16. The number of para-hydroxylation sites is 1. The lowest BCUT2D eigenvalue weighted by Crippen LogP contribution is -2.19. The molecular weight excluding hydrogens is 460 g/mol. The van der Waals surface area contributed by atoms with E-state index in [1.807, 2.05) is 56.3 Å². The molecule has 0 bridgehead atoms. The molecule has 1 amide bonds. The smallest absolute Gasteiger partial charge is 0.222 e. The summed E-state index contributed by atoms with van der Waals surface area (Å²) in [6.45, 7) is 5.19. The Balaban J connectivity index is 1.76. The van der Waals surface area contributed by atoms with E-state index in [1.165, 1.54) is 6.92 Å². The molecule has 7 nitrogen and oxygen atoms in total. The Labute approximate surface area is 206 Å². The number of carbonyl (C=O) groups excluding carboxylic acids is 2. The van der Waals surface area contributed by atoms with Gasteiger partial charge in [0.1, 0.15) is 5.82 Å². The Hall–Kier alpha value is -3.65. The molecule has 2 atom stereocenters. The summed E-state index contributed by atoms with van der Waals surface area (Å²) >= 11 is 0. The van der Waals surface area contributed by atoms with Crippen LogP contribution in [0.25, 0.3) is 11.3 Å². The summed E-state index contributed by atoms with van der Waals surface area (Å²) < 4.78 is 12.7. The first-order chi connectivity index (χ1) is 16.6. The molecule has 2 unspecified atom stereocenters. The maximum atomic E-state index is 13.4. The Morgan fingerprint density at radius 2 is 1.97 bits per heavy atom. The van der Waals surface area contributed by atoms with Crippen molar-refractivity contribution in [3.63, 3.8) is 0 Å². The van der Waals surface area contributed by atoms with Crippen LogP contribution in [0.15, 0.2) is 60.1 Å². The van der Waals surface area contributed by atoms with Crippen LogP contribution in [0, 0.1) is 5.92 Å². The second kappa shape index (κ2) is 9.92. The number of pyridine rings is 1. The molecule has 35 heavy (non-hydrogen) atoms. The summed E-state index contributed by atoms with van der Waals surface area (Å²) in [6, 6.07) is 13.3. The number of hydrogen-bond donors (Lipinski definition) is 3. The third kappa shape index (κ3) is 5.54. The van der Waals surface area contributed by atoms with E-state index >= 15 is 0 Å². The number of benzene rings is 1. The van der Waals surface area contributed by atoms with Gasteiger partial charge in [-0.3, -0.25) is 13.8 Å². The van der Waals surface area contributed by atoms with Crippen molar-refractivity contribution in [1.29, 1.82) is 0 Å². The number of aromatic amines is 1. The fourth-order valence-electron chi connectivity index (χ4n) is 4.07. The summed E-state index contributed by atoms with van der Waals surface area (Å²) in [5, 5.41) is 7.73. The van der Waals surface area contributed by atoms with Gasteiger partial charge in [-0.05, 0) is 57.4 Å². The highest BCUT2D eigenvalue weighted by atomic mass is 32.2. The molecule has 1 aliphatic rings. The summed E-state index contributed by atoms with van der Waals surface area (Å²) in [5.74, 6) is 4.01. The molecule has 8 heteroatoms. The average Bonchev–Trinajstić information content (AvgIpc) is 3.17. The molecule has 0 saturated heterocycles. The second-order valence-corrected chi connectivity index (χ2v) is 11.9. The summed E-state index contributed by atoms with van der Waals surface area (Å²) in [4.78, 5) is 32.6. The van der Waals surface area contributed by atoms with Gasteiger partial charge in [0.2, 0.25) is 5.91 Å². The van der Waals surface area contributed by atoms with Gasteiger partial charge in [0.15, 0.2) is 5.78 Å². The van der Waals surface area contributed by atoms with Crippen molar-refractivity contribution >= 4 is 44.3 Å². The minimum absolute atomic E-state index is 0.0121. The first-order valence-corrected chi connectivity index (χ1v) is 13.4. The van der Waals surface area contributed by atoms with Crippen molar-refractivity contribution in [3.8, 4) is 11.3 Å². The average molecular weight is 491 g/mol. The van der Waals surface area contributed by atoms with Crippen molar-refractivity contribution in [2.24, 2.45) is 5.92 Å². The number of hydrogen-bond acceptors (Lipinski definition) is 5. The van der Waals surface area contributed by atoms with Crippen molar-refractivity contribution in [1.82, 2.24) is 9.97 Å². The van der Waals surface area contributed by atoms with Crippen LogP contribution < -0.4 is 10.6 Å². The molecule has 182 valence electrons. The molecule has 0 saturated carbocycles. The minimum atomic E-state index is -2.35. The van der Waals surface area contributed by atoms with Crippen LogP contribution in [-0.4, -0.2) is 37.0 Å². The molecule has 0 spiro atoms. The SMILES string of the molecule is C=S(=O)(/C=C/C1CC(=O)c2c([nH]c(-c3ccnc(NC(C)=O)c3)c2Nc2ccccc2)C1)C(C)C. The lowest BCUT2D eigenvalue weighted by molar-refractivity contribution is -0.114. The van der Waals surface area contributed by atoms with E-state index in [2.05, 4.69) is 26.5 Å². The molecule has 3 aromatic rings. The standard InChI is InChI=1S/C27H30N4O3S/c1-17(2)35(4,34)13-11-19-14-22-25(23(33)15-19)27(30-21-8-6-5-7-9-21)26(31-22)20-10-12-28-24(16-20)29-18(3)32/h5-13,16-17,19,30-31H,4,14-15H2,1-3H3,(H,28,29,32)/b13-11+. The maximum Gasteiger partial charge on any atom is 0.222 e. The molecule has 4 rings (SSSR count). The van der Waals surface area contributed by atoms with E-state index in [0.717, 1.165) is 22.6 Å². The van der Waals surface area contributed by atoms with Crippen LogP contribution in [0.5, 0.6) is 0 Å². The fourth-order valence-corrected chi connectivity index (χ4v) is 4.87. The van der Waals surface area contributed by atoms with E-state index in [0.29, 0.717) is 29.9 Å². The predicted molar refractivity (Wildman–Crippen MR) is 144 cm³/mol. The zero-order chi connectivity index (χ0) is 25.2. The highest BCUT2D eigenvalue weighted by molar-refractivity contribution is 8.03. The van der Waals surface area contributed by atoms with Crippen molar-refractivity contribution in [3.05, 3.63) is 71.4 Å². The van der Waals surface area contributed by atoms with Gasteiger partial charge in [-0.15, -0.1) is 0 Å². The first-order valence-electron chi connectivity index (χ1n) is 11.5. The van der Waals surface area contributed by atoms with Gasteiger partial charge < -0.3 is 15.6 Å². The van der Waals surface area contributed by atoms with E-state index < -0.39 is 9.52 Å². The van der Waals surface area contributed by atoms with Gasteiger partial charge >= 0.3 is 0 Å². The van der Waals surface area contributed by atoms with E-state index in [1.54, 1.807) is 17.7 Å². The highest BCUT2D eigenvalue weighted by Crippen LogP contribution is 2.40. The first kappa shape index (κ1) is 24.5. The van der Waals surface area contributed by atoms with Gasteiger partial charge in [0.25, 0.3) is 0 Å². The second-order valence-electron chi connectivity index (χ2n) is 9.08. The number of nitrogens with zero attached hydrogens (tertiary/aromatic N) is 1. The van der Waals surface area contributed by atoms with Crippen LogP contribution in [0.2, 0.25) is 0 Å². The van der Waals surface area contributed by atoms with Crippen molar-refractivity contribution in [2.75, 3.05) is 10.6 Å². The largest absolute Gasteiger partial charge is 0.356 e. The highest BCUT2D eigenvalue weighted by Gasteiger charge is 2.31. The van der Waals surface area contributed by atoms with Gasteiger partial charge in [0.05, 0.1) is 16.9 Å². The molecular formula is C27H30N4O3S. The molecule has 2 aromatic heterocycles. The Morgan fingerprint density at radius 1 is 1.23 bits per heavy atom. The van der Waals surface area contributed by atoms with Gasteiger partial charge in [-0.25, -0.2) is 4.98 Å². The molecule has 2 heterocycles. The van der Waals surface area contributed by atoms with Crippen LogP contribution in [0.4, 0.5) is 17.2 Å². The maximum absolute atomic E-state index is 13.4. The van der Waals surface area contributed by atoms with Crippen molar-refractivity contribution in [2.45, 2.75) is 38.9 Å². The number of allylic oxidation sites excluding steroid dienone is 1. The van der Waals surface area contributed by atoms with E-state index in [-0.39, 0.29) is 22.9 Å². The summed E-state index contributed by atoms with van der Waals surface area (Å²) in [6.07, 6.45) is 4.43. The molecule has 0 aliphatic heterocycles. The number of anilines is 3. The van der Waals surface area contributed by atoms with Gasteiger partial charge in [-0.1, -0.05) is 38.1 Å². The number of amides is 1. The van der Waals surface area contributed by atoms with Crippen molar-refractivity contribution < 1.29 is 13.8 Å². The van der Waals surface area contributed by atoms with Gasteiger partial charge in [-0.2, -0.15) is 0 Å². The zero-order valence-electron chi connectivity index (χ0n) is 20.1. The summed E-state index contributed by atoms with van der Waals surface area (Å²) in [5.41, 5.74) is 4.54. The Kier molecular flexibility index (Phi) is 6.93. The molecule has 1 aliphatic carbocycles. The topological polar surface area (TPSA) is 104 Å². The van der Waals surface area contributed by atoms with Crippen LogP contribution >= 0.6 is 0 Å². The Bertz CT molecular complexity index is 1390. The normalized spacial score (nSPS) is 17.3. The lowest BCUT2D eigenvalue weighted by Gasteiger charge is -2.20. The minimum Gasteiger partial charge on any atom is -0.356 e. The van der Waals surface area contributed by atoms with E-state index in [9.17, 15) is 13.8 Å². The number of aromatic nitrogens is 2. The molecule has 0 fully saturated rings. The lowest BCUT2D eigenvalue weighted by atomic mass is 9.86. The zero-order valence-corrected chi connectivity index (χ0v) is 20.9. The number of fused-ring (bicyclic) bond motifs is 1. The Morgan fingerprint density at radius 3 is 2.66 bits per heavy atom. The van der Waals surface area contributed by atoms with Gasteiger partial charge in [0, 0.05) is 41.7 Å². The van der Waals surface area contributed by atoms with E-state index in [4.69, 9.17) is 0 Å². The quantitative estimate of drug-likeness (QED) is 0.397. The molecule has 0 radical (unpaired) electrons. The molecule has 1 aromatic carbocycles. The monoisotopic (exact) mass is 490 g/mol. The van der Waals surface area contributed by atoms with Crippen LogP contribution in [-0.2, 0) is 20.7 Å². The number of rotatable bonds is 7. The number of ketones is 1. The number of nitrogens with one attached hydrogen (secondary N) is 3. The third-order valence-electron chi connectivity index (χ3n) is 6.05. The third-order valence-corrected chi connectivity index (χ3v) is 8.26. The fraction of sp³-hybridized carbons (Fsp3) is 0.259. The van der Waals surface area contributed by atoms with Crippen LogP contribution in [0.1, 0.15) is 43.2 Å². The molecule has 3 N–H and O–H groups in total. The summed E-state index contributed by atoms with van der Waals surface area (Å²) in [7, 11) is -2.35. The van der Waals surface area contributed by atoms with Crippen LogP contribution in [0.3, 0.4) is 0 Å². The number of Topliss-reactive ketones (excluding diaryl/α,β-unsaturated/α-hetero) is 1. The number of carbonyl (C=O) groups is 2.